The van der Waals surface area contributed by atoms with Crippen molar-refractivity contribution in [3.63, 3.8) is 0 Å². The Kier molecular flexibility index (Phi) is 7.28. The van der Waals surface area contributed by atoms with Crippen LogP contribution in [0, 0.1) is 0 Å². The van der Waals surface area contributed by atoms with Gasteiger partial charge in [0.15, 0.2) is 0 Å². The lowest BCUT2D eigenvalue weighted by Crippen LogP contribution is -2.53. The highest BCUT2D eigenvalue weighted by atomic mass is 16.2. The lowest BCUT2D eigenvalue weighted by molar-refractivity contribution is -0.133. The van der Waals surface area contributed by atoms with Crippen molar-refractivity contribution in [2.75, 3.05) is 32.7 Å². The highest BCUT2D eigenvalue weighted by Crippen LogP contribution is 2.10. The predicted molar refractivity (Wildman–Crippen MR) is 75.4 cm³/mol. The second-order valence-electron chi connectivity index (χ2n) is 5.17. The van der Waals surface area contributed by atoms with Crippen molar-refractivity contribution >= 4 is 5.91 Å². The molecular formula is C14H29N3O. The fourth-order valence-electron chi connectivity index (χ4n) is 2.59. The Labute approximate surface area is 111 Å². The second kappa shape index (κ2) is 8.48. The molecule has 18 heavy (non-hydrogen) atoms. The normalized spacial score (nSPS) is 18.9. The molecule has 0 aromatic rings. The van der Waals surface area contributed by atoms with Crippen molar-refractivity contribution in [1.82, 2.24) is 9.80 Å². The molecule has 1 amide bonds. The van der Waals surface area contributed by atoms with Gasteiger partial charge in [-0.2, -0.15) is 0 Å². The zero-order chi connectivity index (χ0) is 13.4. The average Bonchev–Trinajstić information content (AvgIpc) is 2.41. The molecule has 0 spiro atoms. The van der Waals surface area contributed by atoms with Crippen LogP contribution in [0.25, 0.3) is 0 Å². The van der Waals surface area contributed by atoms with E-state index in [0.717, 1.165) is 58.4 Å². The monoisotopic (exact) mass is 255 g/mol. The molecule has 1 aliphatic heterocycles. The van der Waals surface area contributed by atoms with Crippen molar-refractivity contribution < 1.29 is 4.79 Å². The Hall–Kier alpha value is -0.610. The fraction of sp³-hybridized carbons (Fsp3) is 0.929. The number of piperazine rings is 1. The maximum absolute atomic E-state index is 12.0. The topological polar surface area (TPSA) is 49.6 Å². The van der Waals surface area contributed by atoms with E-state index in [1.54, 1.807) is 0 Å². The quantitative estimate of drug-likeness (QED) is 0.701. The number of nitrogens with two attached hydrogens (primary N) is 1. The summed E-state index contributed by atoms with van der Waals surface area (Å²) in [5, 5.41) is 0. The van der Waals surface area contributed by atoms with Crippen molar-refractivity contribution in [3.8, 4) is 0 Å². The van der Waals surface area contributed by atoms with Gasteiger partial charge < -0.3 is 10.6 Å². The van der Waals surface area contributed by atoms with Crippen LogP contribution in [-0.2, 0) is 4.79 Å². The molecule has 1 aliphatic rings. The first-order valence-corrected chi connectivity index (χ1v) is 7.44. The summed E-state index contributed by atoms with van der Waals surface area (Å²) < 4.78 is 0. The van der Waals surface area contributed by atoms with E-state index in [1.165, 1.54) is 6.42 Å². The van der Waals surface area contributed by atoms with E-state index < -0.39 is 0 Å². The average molecular weight is 255 g/mol. The Morgan fingerprint density at radius 3 is 2.33 bits per heavy atom. The molecule has 0 radical (unpaired) electrons. The molecule has 106 valence electrons. The van der Waals surface area contributed by atoms with Crippen LogP contribution in [0.2, 0.25) is 0 Å². The molecule has 0 aromatic heterocycles. The van der Waals surface area contributed by atoms with Gasteiger partial charge in [0.1, 0.15) is 0 Å². The summed E-state index contributed by atoms with van der Waals surface area (Å²) in [6.07, 6.45) is 5.20. The van der Waals surface area contributed by atoms with Gasteiger partial charge in [-0.3, -0.25) is 9.69 Å². The van der Waals surface area contributed by atoms with Crippen LogP contribution >= 0.6 is 0 Å². The van der Waals surface area contributed by atoms with Gasteiger partial charge in [-0.1, -0.05) is 26.7 Å². The molecule has 2 N–H and O–H groups in total. The van der Waals surface area contributed by atoms with Crippen LogP contribution in [0.1, 0.15) is 46.0 Å². The first-order valence-electron chi connectivity index (χ1n) is 7.44. The molecule has 0 bridgehead atoms. The lowest BCUT2D eigenvalue weighted by atomic mass is 10.1. The third-order valence-electron chi connectivity index (χ3n) is 3.92. The van der Waals surface area contributed by atoms with Gasteiger partial charge in [0.25, 0.3) is 0 Å². The third kappa shape index (κ3) is 4.58. The lowest BCUT2D eigenvalue weighted by Gasteiger charge is -2.38. The van der Waals surface area contributed by atoms with Crippen molar-refractivity contribution in [2.45, 2.75) is 52.0 Å². The maximum Gasteiger partial charge on any atom is 0.222 e. The van der Waals surface area contributed by atoms with Crippen LogP contribution in [0.5, 0.6) is 0 Å². The van der Waals surface area contributed by atoms with E-state index >= 15 is 0 Å². The standard InChI is InChI=1S/C14H29N3O/c1-3-5-6-7-14(18)17-10-8-16(9-11-17)13(4-2)12-15/h13H,3-12,15H2,1-2H3. The number of rotatable bonds is 7. The summed E-state index contributed by atoms with van der Waals surface area (Å²) in [6, 6.07) is 0.488. The summed E-state index contributed by atoms with van der Waals surface area (Å²) in [6.45, 7) is 8.79. The van der Waals surface area contributed by atoms with Gasteiger partial charge in [0.2, 0.25) is 5.91 Å². The van der Waals surface area contributed by atoms with Gasteiger partial charge in [-0.25, -0.2) is 0 Å². The number of amides is 1. The maximum atomic E-state index is 12.0. The minimum absolute atomic E-state index is 0.337. The molecule has 0 aliphatic carbocycles. The highest BCUT2D eigenvalue weighted by molar-refractivity contribution is 5.76. The minimum atomic E-state index is 0.337. The summed E-state index contributed by atoms with van der Waals surface area (Å²) in [7, 11) is 0. The number of nitrogens with zero attached hydrogens (tertiary/aromatic N) is 2. The van der Waals surface area contributed by atoms with E-state index in [1.807, 2.05) is 4.90 Å². The largest absolute Gasteiger partial charge is 0.340 e. The SMILES string of the molecule is CCCCCC(=O)N1CCN(C(CC)CN)CC1. The molecule has 1 fully saturated rings. The number of carbonyl (C=O) groups excluding carboxylic acids is 1. The predicted octanol–water partition coefficient (Wildman–Crippen LogP) is 1.45. The van der Waals surface area contributed by atoms with Gasteiger partial charge >= 0.3 is 0 Å². The summed E-state index contributed by atoms with van der Waals surface area (Å²) in [5.74, 6) is 0.337. The Morgan fingerprint density at radius 2 is 1.83 bits per heavy atom. The molecular weight excluding hydrogens is 226 g/mol. The molecule has 0 aromatic carbocycles. The Bertz CT molecular complexity index is 233. The van der Waals surface area contributed by atoms with Gasteiger partial charge in [0.05, 0.1) is 0 Å². The van der Waals surface area contributed by atoms with Crippen LogP contribution < -0.4 is 5.73 Å². The van der Waals surface area contributed by atoms with Crippen LogP contribution in [-0.4, -0.2) is 54.5 Å². The van der Waals surface area contributed by atoms with Crippen LogP contribution in [0.3, 0.4) is 0 Å². The molecule has 1 unspecified atom stereocenters. The van der Waals surface area contributed by atoms with E-state index in [2.05, 4.69) is 18.7 Å². The van der Waals surface area contributed by atoms with Gasteiger partial charge in [-0.05, 0) is 12.8 Å². The molecule has 0 saturated carbocycles. The van der Waals surface area contributed by atoms with E-state index in [0.29, 0.717) is 11.9 Å². The molecule has 1 atom stereocenters. The number of hydrogen-bond acceptors (Lipinski definition) is 3. The van der Waals surface area contributed by atoms with E-state index in [9.17, 15) is 4.79 Å². The molecule has 1 rings (SSSR count). The van der Waals surface area contributed by atoms with Crippen LogP contribution in [0.4, 0.5) is 0 Å². The number of unbranched alkanes of at least 4 members (excludes halogenated alkanes) is 2. The number of carbonyl (C=O) groups is 1. The number of hydrogen-bond donors (Lipinski definition) is 1. The van der Waals surface area contributed by atoms with Crippen molar-refractivity contribution in [1.29, 1.82) is 0 Å². The summed E-state index contributed by atoms with van der Waals surface area (Å²) >= 11 is 0. The zero-order valence-corrected chi connectivity index (χ0v) is 12.0. The summed E-state index contributed by atoms with van der Waals surface area (Å²) in [4.78, 5) is 16.4. The van der Waals surface area contributed by atoms with Gasteiger partial charge in [0, 0.05) is 45.2 Å². The second-order valence-corrected chi connectivity index (χ2v) is 5.17. The van der Waals surface area contributed by atoms with Crippen LogP contribution in [0.15, 0.2) is 0 Å². The van der Waals surface area contributed by atoms with E-state index in [-0.39, 0.29) is 0 Å². The smallest absolute Gasteiger partial charge is 0.222 e. The van der Waals surface area contributed by atoms with Crippen molar-refractivity contribution in [3.05, 3.63) is 0 Å². The Morgan fingerprint density at radius 1 is 1.17 bits per heavy atom. The van der Waals surface area contributed by atoms with Gasteiger partial charge in [-0.15, -0.1) is 0 Å². The molecule has 1 heterocycles. The highest BCUT2D eigenvalue weighted by Gasteiger charge is 2.24. The Balaban J connectivity index is 2.27. The first kappa shape index (κ1) is 15.4. The molecule has 4 heteroatoms. The molecule has 4 nitrogen and oxygen atoms in total. The summed E-state index contributed by atoms with van der Waals surface area (Å²) in [5.41, 5.74) is 5.77. The van der Waals surface area contributed by atoms with Crippen molar-refractivity contribution in [2.24, 2.45) is 5.73 Å². The minimum Gasteiger partial charge on any atom is -0.340 e. The molecule has 1 saturated heterocycles. The first-order chi connectivity index (χ1) is 8.72. The fourth-order valence-corrected chi connectivity index (χ4v) is 2.59. The third-order valence-corrected chi connectivity index (χ3v) is 3.92. The zero-order valence-electron chi connectivity index (χ0n) is 12.0. The van der Waals surface area contributed by atoms with E-state index in [4.69, 9.17) is 5.73 Å².